The van der Waals surface area contributed by atoms with Gasteiger partial charge in [-0.25, -0.2) is 0 Å². The van der Waals surface area contributed by atoms with Crippen molar-refractivity contribution >= 4 is 34.8 Å². The van der Waals surface area contributed by atoms with Crippen molar-refractivity contribution in [3.05, 3.63) is 57.9 Å². The van der Waals surface area contributed by atoms with Crippen molar-refractivity contribution in [1.29, 1.82) is 0 Å². The van der Waals surface area contributed by atoms with E-state index < -0.39 is 0 Å². The Morgan fingerprint density at radius 1 is 1.11 bits per heavy atom. The quantitative estimate of drug-likeness (QED) is 0.680. The molecule has 1 aliphatic heterocycles. The minimum Gasteiger partial charge on any atom is -0.489 e. The highest BCUT2D eigenvalue weighted by Crippen LogP contribution is 2.44. The number of benzene rings is 2. The van der Waals surface area contributed by atoms with Gasteiger partial charge in [-0.05, 0) is 30.7 Å². The largest absolute Gasteiger partial charge is 0.489 e. The third-order valence-corrected chi connectivity index (χ3v) is 4.14. The molecule has 1 atom stereocenters. The smallest absolute Gasteiger partial charge is 0.131 e. The van der Waals surface area contributed by atoms with Gasteiger partial charge in [0, 0.05) is 22.6 Å². The third kappa shape index (κ3) is 2.31. The Labute approximate surface area is 127 Å². The number of hydrogen-bond donors (Lipinski definition) is 0. The van der Waals surface area contributed by atoms with Crippen LogP contribution in [0.4, 0.5) is 0 Å². The van der Waals surface area contributed by atoms with Crippen LogP contribution in [0, 0.1) is 6.92 Å². The second-order valence-electron chi connectivity index (χ2n) is 4.49. The number of fused-ring (bicyclic) bond motifs is 1. The highest BCUT2D eigenvalue weighted by Gasteiger charge is 2.24. The van der Waals surface area contributed by atoms with E-state index in [2.05, 4.69) is 6.92 Å². The molecular weight excluding hydrogens is 303 g/mol. The molecule has 0 N–H and O–H groups in total. The van der Waals surface area contributed by atoms with Crippen LogP contribution >= 0.6 is 34.8 Å². The van der Waals surface area contributed by atoms with E-state index in [0.717, 1.165) is 28.9 Å². The zero-order valence-corrected chi connectivity index (χ0v) is 12.2. The Kier molecular flexibility index (Phi) is 3.38. The van der Waals surface area contributed by atoms with Crippen molar-refractivity contribution in [2.75, 3.05) is 0 Å². The minimum atomic E-state index is -0.0924. The fraction of sp³-hybridized carbons (Fsp3) is 0.133. The van der Waals surface area contributed by atoms with Gasteiger partial charge < -0.3 is 4.74 Å². The SMILES string of the molecule is [CH2]C1Cc2cc(Cl)cc(-c3cccc(Cl)c3Cl)c2O1. The predicted molar refractivity (Wildman–Crippen MR) is 80.4 cm³/mol. The van der Waals surface area contributed by atoms with Crippen molar-refractivity contribution in [1.82, 2.24) is 0 Å². The lowest BCUT2D eigenvalue weighted by atomic mass is 10.0. The number of halogens is 3. The average molecular weight is 313 g/mol. The molecule has 0 aromatic heterocycles. The maximum absolute atomic E-state index is 6.27. The molecule has 1 nitrogen and oxygen atoms in total. The standard InChI is InChI=1S/C15H10Cl3O/c1-8-5-9-6-10(16)7-12(15(9)19-8)11-3-2-4-13(17)14(11)18/h2-4,6-8H,1,5H2. The highest BCUT2D eigenvalue weighted by atomic mass is 35.5. The monoisotopic (exact) mass is 311 g/mol. The maximum atomic E-state index is 6.27. The molecule has 0 amide bonds. The van der Waals surface area contributed by atoms with Crippen molar-refractivity contribution in [3.8, 4) is 16.9 Å². The second kappa shape index (κ2) is 4.90. The Hall–Kier alpha value is -0.890. The van der Waals surface area contributed by atoms with Crippen LogP contribution in [0.1, 0.15) is 5.56 Å². The molecule has 0 saturated carbocycles. The number of ether oxygens (including phenoxy) is 1. The van der Waals surface area contributed by atoms with E-state index in [1.165, 1.54) is 0 Å². The lowest BCUT2D eigenvalue weighted by Crippen LogP contribution is -2.06. The summed E-state index contributed by atoms with van der Waals surface area (Å²) in [6.07, 6.45) is 0.659. The first-order valence-corrected chi connectivity index (χ1v) is 6.96. The molecule has 19 heavy (non-hydrogen) atoms. The van der Waals surface area contributed by atoms with E-state index in [1.807, 2.05) is 24.3 Å². The highest BCUT2D eigenvalue weighted by molar-refractivity contribution is 6.43. The topological polar surface area (TPSA) is 9.23 Å². The molecule has 1 radical (unpaired) electrons. The molecule has 0 fully saturated rings. The van der Waals surface area contributed by atoms with Gasteiger partial charge in [0.25, 0.3) is 0 Å². The van der Waals surface area contributed by atoms with Crippen LogP contribution in [0.25, 0.3) is 11.1 Å². The normalized spacial score (nSPS) is 17.2. The summed E-state index contributed by atoms with van der Waals surface area (Å²) in [5.41, 5.74) is 2.74. The molecule has 4 heteroatoms. The first-order valence-electron chi connectivity index (χ1n) is 5.83. The number of hydrogen-bond acceptors (Lipinski definition) is 1. The molecule has 0 bridgehead atoms. The van der Waals surface area contributed by atoms with Gasteiger partial charge in [-0.3, -0.25) is 0 Å². The van der Waals surface area contributed by atoms with Gasteiger partial charge in [0.05, 0.1) is 10.0 Å². The predicted octanol–water partition coefficient (Wildman–Crippen LogP) is 5.45. The molecule has 0 spiro atoms. The molecule has 0 aliphatic carbocycles. The summed E-state index contributed by atoms with van der Waals surface area (Å²) in [7, 11) is 0. The molecule has 2 aromatic rings. The van der Waals surface area contributed by atoms with Crippen LogP contribution in [0.2, 0.25) is 15.1 Å². The first-order chi connectivity index (χ1) is 9.06. The first kappa shape index (κ1) is 13.1. The molecule has 1 aliphatic rings. The zero-order valence-electron chi connectivity index (χ0n) is 9.92. The zero-order chi connectivity index (χ0) is 13.6. The number of rotatable bonds is 1. The van der Waals surface area contributed by atoms with Crippen molar-refractivity contribution in [2.24, 2.45) is 0 Å². The van der Waals surface area contributed by atoms with Crippen molar-refractivity contribution < 1.29 is 4.74 Å². The van der Waals surface area contributed by atoms with Crippen LogP contribution in [0.15, 0.2) is 30.3 Å². The van der Waals surface area contributed by atoms with Gasteiger partial charge in [-0.1, -0.05) is 46.9 Å². The van der Waals surface area contributed by atoms with Gasteiger partial charge in [0.2, 0.25) is 0 Å². The summed E-state index contributed by atoms with van der Waals surface area (Å²) in [6, 6.07) is 9.26. The summed E-state index contributed by atoms with van der Waals surface area (Å²) >= 11 is 18.5. The lowest BCUT2D eigenvalue weighted by molar-refractivity contribution is 0.282. The summed E-state index contributed by atoms with van der Waals surface area (Å²) in [6.45, 7) is 3.93. The Morgan fingerprint density at radius 2 is 1.89 bits per heavy atom. The summed E-state index contributed by atoms with van der Waals surface area (Å²) in [5.74, 6) is 0.800. The lowest BCUT2D eigenvalue weighted by Gasteiger charge is -2.12. The van der Waals surface area contributed by atoms with E-state index in [1.54, 1.807) is 6.07 Å². The molecule has 3 rings (SSSR count). The van der Waals surface area contributed by atoms with E-state index in [4.69, 9.17) is 39.5 Å². The Bertz CT molecular complexity index is 652. The van der Waals surface area contributed by atoms with E-state index in [-0.39, 0.29) is 6.10 Å². The van der Waals surface area contributed by atoms with Gasteiger partial charge in [-0.2, -0.15) is 0 Å². The van der Waals surface area contributed by atoms with E-state index >= 15 is 0 Å². The van der Waals surface area contributed by atoms with Crippen LogP contribution in [-0.2, 0) is 6.42 Å². The van der Waals surface area contributed by atoms with Gasteiger partial charge in [0.15, 0.2) is 0 Å². The molecule has 1 unspecified atom stereocenters. The Balaban J connectivity index is 2.24. The average Bonchev–Trinajstić information content (AvgIpc) is 2.72. The maximum Gasteiger partial charge on any atom is 0.131 e. The van der Waals surface area contributed by atoms with Crippen LogP contribution < -0.4 is 4.74 Å². The molecule has 97 valence electrons. The molecule has 1 heterocycles. The van der Waals surface area contributed by atoms with Crippen LogP contribution in [0.3, 0.4) is 0 Å². The van der Waals surface area contributed by atoms with Crippen LogP contribution in [0.5, 0.6) is 5.75 Å². The molecule has 0 saturated heterocycles. The fourth-order valence-corrected chi connectivity index (χ4v) is 2.95. The van der Waals surface area contributed by atoms with Crippen molar-refractivity contribution in [2.45, 2.75) is 12.5 Å². The van der Waals surface area contributed by atoms with Gasteiger partial charge in [0.1, 0.15) is 11.9 Å². The Morgan fingerprint density at radius 3 is 2.68 bits per heavy atom. The fourth-order valence-electron chi connectivity index (χ4n) is 2.31. The summed E-state index contributed by atoms with van der Waals surface area (Å²) in [5, 5.41) is 1.67. The summed E-state index contributed by atoms with van der Waals surface area (Å²) < 4.78 is 5.77. The third-order valence-electron chi connectivity index (χ3n) is 3.10. The summed E-state index contributed by atoms with van der Waals surface area (Å²) in [4.78, 5) is 0. The molecule has 2 aromatic carbocycles. The van der Waals surface area contributed by atoms with Crippen LogP contribution in [-0.4, -0.2) is 6.10 Å². The van der Waals surface area contributed by atoms with Gasteiger partial charge in [-0.15, -0.1) is 0 Å². The van der Waals surface area contributed by atoms with Gasteiger partial charge >= 0.3 is 0 Å². The van der Waals surface area contributed by atoms with E-state index in [0.29, 0.717) is 15.1 Å². The van der Waals surface area contributed by atoms with E-state index in [9.17, 15) is 0 Å². The second-order valence-corrected chi connectivity index (χ2v) is 5.71. The minimum absolute atomic E-state index is 0.0924. The van der Waals surface area contributed by atoms with Crippen molar-refractivity contribution in [3.63, 3.8) is 0 Å². The molecular formula is C15H10Cl3O.